The van der Waals surface area contributed by atoms with Crippen molar-refractivity contribution in [3.63, 3.8) is 0 Å². The van der Waals surface area contributed by atoms with Crippen LogP contribution in [0.15, 0.2) is 108 Å². The third-order valence-electron chi connectivity index (χ3n) is 6.66. The number of halogens is 3. The Balaban J connectivity index is 1.71. The van der Waals surface area contributed by atoms with Crippen molar-refractivity contribution in [3.05, 3.63) is 125 Å². The summed E-state index contributed by atoms with van der Waals surface area (Å²) in [6.45, 7) is -0.355. The van der Waals surface area contributed by atoms with Gasteiger partial charge >= 0.3 is 12.1 Å². The van der Waals surface area contributed by atoms with Crippen LogP contribution < -0.4 is 9.04 Å². The van der Waals surface area contributed by atoms with Gasteiger partial charge in [0.1, 0.15) is 18.5 Å². The third kappa shape index (κ3) is 7.51. The zero-order valence-corrected chi connectivity index (χ0v) is 24.8. The zero-order valence-electron chi connectivity index (χ0n) is 24.0. The Morgan fingerprint density at radius 1 is 0.867 bits per heavy atom. The monoisotopic (exact) mass is 643 g/mol. The lowest BCUT2D eigenvalue weighted by atomic mass is 9.99. The van der Waals surface area contributed by atoms with Crippen molar-refractivity contribution < 1.29 is 50.5 Å². The van der Waals surface area contributed by atoms with Crippen LogP contribution >= 0.6 is 0 Å². The molecule has 0 aliphatic heterocycles. The number of esters is 1. The van der Waals surface area contributed by atoms with Gasteiger partial charge in [0.15, 0.2) is 5.78 Å². The number of aliphatic hydroxyl groups excluding tert-OH is 1. The number of carbonyl (C=O) groups is 2. The van der Waals surface area contributed by atoms with Crippen molar-refractivity contribution in [2.45, 2.75) is 30.0 Å². The van der Waals surface area contributed by atoms with Gasteiger partial charge < -0.3 is 19.3 Å². The molecule has 0 aliphatic carbocycles. The topological polar surface area (TPSA) is 119 Å². The first-order valence-electron chi connectivity index (χ1n) is 13.3. The number of aliphatic hydroxyl groups is 1. The molecule has 1 N–H and O–H groups in total. The number of ether oxygens (including phenoxy) is 3. The summed E-state index contributed by atoms with van der Waals surface area (Å²) in [4.78, 5) is 25.0. The van der Waals surface area contributed by atoms with E-state index in [0.29, 0.717) is 27.6 Å². The van der Waals surface area contributed by atoms with Crippen LogP contribution in [0.3, 0.4) is 0 Å². The van der Waals surface area contributed by atoms with Gasteiger partial charge in [0.2, 0.25) is 6.23 Å². The minimum atomic E-state index is -4.81. The first-order valence-corrected chi connectivity index (χ1v) is 14.7. The molecule has 0 aromatic heterocycles. The predicted molar refractivity (Wildman–Crippen MR) is 157 cm³/mol. The average molecular weight is 644 g/mol. The van der Waals surface area contributed by atoms with E-state index in [9.17, 15) is 36.3 Å². The van der Waals surface area contributed by atoms with Crippen molar-refractivity contribution in [3.8, 4) is 5.75 Å². The van der Waals surface area contributed by atoms with Crippen molar-refractivity contribution in [1.29, 1.82) is 0 Å². The molecular weight excluding hydrogens is 615 g/mol. The predicted octanol–water partition coefficient (Wildman–Crippen LogP) is 5.54. The fourth-order valence-corrected chi connectivity index (χ4v) is 5.90. The molecule has 45 heavy (non-hydrogen) atoms. The van der Waals surface area contributed by atoms with Crippen molar-refractivity contribution in [1.82, 2.24) is 0 Å². The second-order valence-electron chi connectivity index (χ2n) is 9.57. The van der Waals surface area contributed by atoms with E-state index < -0.39 is 57.3 Å². The molecular formula is C32H28F3NO8S. The summed E-state index contributed by atoms with van der Waals surface area (Å²) >= 11 is 0. The Hall–Kier alpha value is -4.72. The molecule has 0 spiro atoms. The highest BCUT2D eigenvalue weighted by Crippen LogP contribution is 2.40. The smallest absolute Gasteiger partial charge is 0.416 e. The summed E-state index contributed by atoms with van der Waals surface area (Å²) in [6.07, 6.45) is -8.20. The van der Waals surface area contributed by atoms with E-state index >= 15 is 0 Å². The minimum absolute atomic E-state index is 0.272. The number of nitrogens with zero attached hydrogens (tertiary/aromatic N) is 1. The highest BCUT2D eigenvalue weighted by molar-refractivity contribution is 7.93. The number of Topliss-reactive ketones (excluding diaryl/α,β-unsaturated/α-hetero) is 1. The van der Waals surface area contributed by atoms with E-state index in [4.69, 9.17) is 14.2 Å². The Kier molecular flexibility index (Phi) is 10.3. The van der Waals surface area contributed by atoms with E-state index in [1.807, 2.05) is 0 Å². The average Bonchev–Trinajstić information content (AvgIpc) is 3.05. The van der Waals surface area contributed by atoms with Gasteiger partial charge in [-0.15, -0.1) is 0 Å². The number of benzene rings is 4. The lowest BCUT2D eigenvalue weighted by molar-refractivity contribution is -0.151. The molecule has 0 heterocycles. The number of hydrogen-bond donors (Lipinski definition) is 1. The summed E-state index contributed by atoms with van der Waals surface area (Å²) < 4.78 is 85.0. The standard InChI is InChI=1S/C32H28F3NO8S/c1-42-30(31(39)43-2)36(45(40,41)25-11-7-4-8-12-25)26-18-17-24(32(33,34)35)19-27(26)44-20-21-13-15-23(16-14-21)29(38)28(37)22-9-5-3-6-10-22/h3-19,29-30,38H,20H2,1-2H3. The molecule has 2 unspecified atom stereocenters. The van der Waals surface area contributed by atoms with Crippen LogP contribution in [0.2, 0.25) is 0 Å². The maximum atomic E-state index is 13.8. The van der Waals surface area contributed by atoms with Crippen LogP contribution in [0, 0.1) is 0 Å². The lowest BCUT2D eigenvalue weighted by Crippen LogP contribution is -2.47. The first kappa shape index (κ1) is 33.2. The van der Waals surface area contributed by atoms with Gasteiger partial charge in [0.25, 0.3) is 10.0 Å². The van der Waals surface area contributed by atoms with Crippen molar-refractivity contribution in [2.24, 2.45) is 0 Å². The van der Waals surface area contributed by atoms with Gasteiger partial charge in [-0.1, -0.05) is 72.8 Å². The second-order valence-corrected chi connectivity index (χ2v) is 11.4. The van der Waals surface area contributed by atoms with Crippen molar-refractivity contribution in [2.75, 3.05) is 18.5 Å². The molecule has 4 aromatic rings. The number of hydrogen-bond acceptors (Lipinski definition) is 8. The van der Waals surface area contributed by atoms with Gasteiger partial charge in [0, 0.05) is 12.7 Å². The fraction of sp³-hybridized carbons (Fsp3) is 0.188. The summed E-state index contributed by atoms with van der Waals surface area (Å²) in [7, 11) is -2.59. The third-order valence-corrected chi connectivity index (χ3v) is 8.43. The van der Waals surface area contributed by atoms with E-state index in [1.54, 1.807) is 36.4 Å². The summed E-state index contributed by atoms with van der Waals surface area (Å²) in [6, 6.07) is 23.1. The molecule has 0 saturated heterocycles. The quantitative estimate of drug-likeness (QED) is 0.121. The Bertz CT molecular complexity index is 1730. The highest BCUT2D eigenvalue weighted by atomic mass is 32.2. The summed E-state index contributed by atoms with van der Waals surface area (Å²) in [5.74, 6) is -2.19. The molecule has 236 valence electrons. The molecule has 4 aromatic carbocycles. The summed E-state index contributed by atoms with van der Waals surface area (Å²) in [5.41, 5.74) is -0.567. The SMILES string of the molecule is COC(=O)C(OC)N(c1ccc(C(F)(F)F)cc1OCc1ccc(C(O)C(=O)c2ccccc2)cc1)S(=O)(=O)c1ccccc1. The van der Waals surface area contributed by atoms with Gasteiger partial charge in [-0.05, 0) is 41.5 Å². The van der Waals surface area contributed by atoms with E-state index in [0.717, 1.165) is 20.3 Å². The first-order chi connectivity index (χ1) is 21.4. The van der Waals surface area contributed by atoms with Gasteiger partial charge in [-0.2, -0.15) is 13.2 Å². The van der Waals surface area contributed by atoms with Crippen molar-refractivity contribution >= 4 is 27.5 Å². The van der Waals surface area contributed by atoms with Crippen LogP contribution in [-0.4, -0.2) is 45.7 Å². The van der Waals surface area contributed by atoms with Gasteiger partial charge in [0.05, 0.1) is 23.3 Å². The largest absolute Gasteiger partial charge is 0.487 e. The molecule has 2 atom stereocenters. The molecule has 0 bridgehead atoms. The molecule has 0 saturated carbocycles. The molecule has 0 radical (unpaired) electrons. The zero-order chi connectivity index (χ0) is 32.8. The number of sulfonamides is 1. The van der Waals surface area contributed by atoms with Crippen LogP contribution in [0.4, 0.5) is 18.9 Å². The number of rotatable bonds is 12. The highest BCUT2D eigenvalue weighted by Gasteiger charge is 2.40. The summed E-state index contributed by atoms with van der Waals surface area (Å²) in [5, 5.41) is 10.6. The number of methoxy groups -OCH3 is 2. The molecule has 4 rings (SSSR count). The number of carbonyl (C=O) groups excluding carboxylic acids is 2. The number of ketones is 1. The fourth-order valence-electron chi connectivity index (χ4n) is 4.33. The van der Waals surface area contributed by atoms with Crippen LogP contribution in [-0.2, 0) is 37.1 Å². The molecule has 0 fully saturated rings. The maximum absolute atomic E-state index is 13.8. The maximum Gasteiger partial charge on any atom is 0.416 e. The number of anilines is 1. The van der Waals surface area contributed by atoms with E-state index in [-0.39, 0.29) is 17.1 Å². The van der Waals surface area contributed by atoms with Gasteiger partial charge in [-0.25, -0.2) is 17.5 Å². The van der Waals surface area contributed by atoms with Crippen LogP contribution in [0.25, 0.3) is 0 Å². The molecule has 0 amide bonds. The van der Waals surface area contributed by atoms with E-state index in [2.05, 4.69) is 0 Å². The van der Waals surface area contributed by atoms with Gasteiger partial charge in [-0.3, -0.25) is 4.79 Å². The Labute approximate surface area is 257 Å². The molecule has 13 heteroatoms. The minimum Gasteiger partial charge on any atom is -0.487 e. The second kappa shape index (κ2) is 13.9. The van der Waals surface area contributed by atoms with Crippen LogP contribution in [0.1, 0.15) is 33.2 Å². The molecule has 0 aliphatic rings. The number of alkyl halides is 3. The lowest BCUT2D eigenvalue weighted by Gasteiger charge is -2.31. The Morgan fingerprint density at radius 3 is 2.02 bits per heavy atom. The molecule has 9 nitrogen and oxygen atoms in total. The normalized spacial score (nSPS) is 13.0. The van der Waals surface area contributed by atoms with Crippen LogP contribution in [0.5, 0.6) is 5.75 Å². The van der Waals surface area contributed by atoms with E-state index in [1.165, 1.54) is 48.5 Å². The Morgan fingerprint density at radius 2 is 1.47 bits per heavy atom.